The van der Waals surface area contributed by atoms with Gasteiger partial charge in [-0.15, -0.1) is 0 Å². The Hall–Kier alpha value is -2.13. The second-order valence-corrected chi connectivity index (χ2v) is 8.46. The fourth-order valence-corrected chi connectivity index (χ4v) is 4.59. The van der Waals surface area contributed by atoms with E-state index in [1.165, 1.54) is 49.9 Å². The highest BCUT2D eigenvalue weighted by Gasteiger charge is 2.20. The molecule has 2 aromatic carbocycles. The first kappa shape index (κ1) is 19.2. The number of benzene rings is 2. The molecule has 2 aliphatic heterocycles. The monoisotopic (exact) mass is 376 g/mol. The van der Waals surface area contributed by atoms with Crippen LogP contribution in [-0.2, 0) is 13.0 Å². The lowest BCUT2D eigenvalue weighted by Crippen LogP contribution is -2.35. The van der Waals surface area contributed by atoms with E-state index in [1.807, 2.05) is 17.0 Å². The van der Waals surface area contributed by atoms with E-state index in [0.29, 0.717) is 0 Å². The van der Waals surface area contributed by atoms with Gasteiger partial charge in [0.15, 0.2) is 0 Å². The van der Waals surface area contributed by atoms with E-state index < -0.39 is 0 Å². The summed E-state index contributed by atoms with van der Waals surface area (Å²) in [4.78, 5) is 17.2. The molecule has 0 N–H and O–H groups in total. The Morgan fingerprint density at radius 1 is 0.786 bits per heavy atom. The van der Waals surface area contributed by atoms with Gasteiger partial charge in [0.1, 0.15) is 0 Å². The minimum Gasteiger partial charge on any atom is -0.339 e. The van der Waals surface area contributed by atoms with Gasteiger partial charge in [-0.05, 0) is 80.8 Å². The number of hydrogen-bond donors (Lipinski definition) is 0. The first-order chi connectivity index (χ1) is 13.8. The zero-order chi connectivity index (χ0) is 19.2. The van der Waals surface area contributed by atoms with Gasteiger partial charge < -0.3 is 4.90 Å². The van der Waals surface area contributed by atoms with Crippen molar-refractivity contribution >= 4 is 5.91 Å². The molecule has 2 fully saturated rings. The number of likely N-dealkylation sites (tertiary alicyclic amines) is 2. The van der Waals surface area contributed by atoms with E-state index in [2.05, 4.69) is 47.4 Å². The predicted molar refractivity (Wildman–Crippen MR) is 114 cm³/mol. The van der Waals surface area contributed by atoms with Gasteiger partial charge in [-0.25, -0.2) is 0 Å². The van der Waals surface area contributed by atoms with Gasteiger partial charge in [-0.2, -0.15) is 0 Å². The molecule has 3 nitrogen and oxygen atoms in total. The molecule has 2 heterocycles. The first-order valence-corrected chi connectivity index (χ1v) is 10.9. The van der Waals surface area contributed by atoms with Crippen LogP contribution in [0.4, 0.5) is 0 Å². The quantitative estimate of drug-likeness (QED) is 0.751. The van der Waals surface area contributed by atoms with Crippen molar-refractivity contribution in [2.24, 2.45) is 5.92 Å². The molecule has 0 aromatic heterocycles. The van der Waals surface area contributed by atoms with Gasteiger partial charge in [0.2, 0.25) is 0 Å². The van der Waals surface area contributed by atoms with Crippen LogP contribution < -0.4 is 0 Å². The number of piperidine rings is 2. The average molecular weight is 377 g/mol. The SMILES string of the molecule is O=C(c1ccc(CN2CCC(Cc3ccccc3)CC2)cc1)N1CCCCC1. The summed E-state index contributed by atoms with van der Waals surface area (Å²) < 4.78 is 0. The van der Waals surface area contributed by atoms with Crippen molar-refractivity contribution in [3.8, 4) is 0 Å². The van der Waals surface area contributed by atoms with Crippen LogP contribution in [0.2, 0.25) is 0 Å². The summed E-state index contributed by atoms with van der Waals surface area (Å²) in [5.74, 6) is 1.01. The molecule has 2 saturated heterocycles. The van der Waals surface area contributed by atoms with Gasteiger partial charge in [-0.3, -0.25) is 9.69 Å². The van der Waals surface area contributed by atoms with Crippen molar-refractivity contribution in [1.29, 1.82) is 0 Å². The Balaban J connectivity index is 1.25. The number of hydrogen-bond acceptors (Lipinski definition) is 2. The smallest absolute Gasteiger partial charge is 0.253 e. The Morgan fingerprint density at radius 2 is 1.46 bits per heavy atom. The normalized spacial score (nSPS) is 18.9. The molecule has 3 heteroatoms. The molecule has 0 saturated carbocycles. The lowest BCUT2D eigenvalue weighted by Gasteiger charge is -2.32. The van der Waals surface area contributed by atoms with E-state index in [4.69, 9.17) is 0 Å². The zero-order valence-electron chi connectivity index (χ0n) is 16.9. The molecule has 0 unspecified atom stereocenters. The highest BCUT2D eigenvalue weighted by Crippen LogP contribution is 2.23. The third-order valence-electron chi connectivity index (χ3n) is 6.32. The maximum Gasteiger partial charge on any atom is 0.253 e. The molecule has 28 heavy (non-hydrogen) atoms. The minimum absolute atomic E-state index is 0.202. The van der Waals surface area contributed by atoms with Gasteiger partial charge in [0, 0.05) is 25.2 Å². The lowest BCUT2D eigenvalue weighted by atomic mass is 9.90. The molecule has 0 radical (unpaired) electrons. The lowest BCUT2D eigenvalue weighted by molar-refractivity contribution is 0.0724. The van der Waals surface area contributed by atoms with Gasteiger partial charge in [0.05, 0.1) is 0 Å². The topological polar surface area (TPSA) is 23.6 Å². The standard InChI is InChI=1S/C25H32N2O/c28-25(27-15-5-2-6-16-27)24-11-9-23(10-12-24)20-26-17-13-22(14-18-26)19-21-7-3-1-4-8-21/h1,3-4,7-12,22H,2,5-6,13-20H2. The average Bonchev–Trinajstić information content (AvgIpc) is 2.76. The van der Waals surface area contributed by atoms with Gasteiger partial charge >= 0.3 is 0 Å². The van der Waals surface area contributed by atoms with Crippen LogP contribution in [0.5, 0.6) is 0 Å². The number of carbonyl (C=O) groups is 1. The van der Waals surface area contributed by atoms with Crippen molar-refractivity contribution in [1.82, 2.24) is 9.80 Å². The molecule has 1 amide bonds. The molecular formula is C25H32N2O. The second-order valence-electron chi connectivity index (χ2n) is 8.46. The van der Waals surface area contributed by atoms with Crippen LogP contribution in [0, 0.1) is 5.92 Å². The highest BCUT2D eigenvalue weighted by atomic mass is 16.2. The van der Waals surface area contributed by atoms with Crippen LogP contribution in [0.3, 0.4) is 0 Å². The Kier molecular flexibility index (Phi) is 6.43. The van der Waals surface area contributed by atoms with E-state index in [0.717, 1.165) is 44.0 Å². The number of rotatable bonds is 5. The summed E-state index contributed by atoms with van der Waals surface area (Å²) in [6.07, 6.45) is 7.31. The molecule has 0 spiro atoms. The van der Waals surface area contributed by atoms with E-state index >= 15 is 0 Å². The summed E-state index contributed by atoms with van der Waals surface area (Å²) >= 11 is 0. The Labute approximate surface area is 169 Å². The fraction of sp³-hybridized carbons (Fsp3) is 0.480. The number of nitrogens with zero attached hydrogens (tertiary/aromatic N) is 2. The van der Waals surface area contributed by atoms with Crippen LogP contribution in [0.15, 0.2) is 54.6 Å². The summed E-state index contributed by atoms with van der Waals surface area (Å²) in [7, 11) is 0. The second kappa shape index (κ2) is 9.38. The van der Waals surface area contributed by atoms with E-state index in [-0.39, 0.29) is 5.91 Å². The predicted octanol–water partition coefficient (Wildman–Crippen LogP) is 4.77. The minimum atomic E-state index is 0.202. The summed E-state index contributed by atoms with van der Waals surface area (Å²) in [6.45, 7) is 5.17. The van der Waals surface area contributed by atoms with Crippen LogP contribution in [0.25, 0.3) is 0 Å². The molecule has 2 aliphatic rings. The highest BCUT2D eigenvalue weighted by molar-refractivity contribution is 5.94. The van der Waals surface area contributed by atoms with E-state index in [1.54, 1.807) is 0 Å². The first-order valence-electron chi connectivity index (χ1n) is 10.9. The van der Waals surface area contributed by atoms with Gasteiger partial charge in [-0.1, -0.05) is 42.5 Å². The van der Waals surface area contributed by atoms with E-state index in [9.17, 15) is 4.79 Å². The Bertz CT molecular complexity index is 742. The van der Waals surface area contributed by atoms with Crippen molar-refractivity contribution in [2.45, 2.75) is 45.1 Å². The molecule has 0 aliphatic carbocycles. The molecule has 0 bridgehead atoms. The van der Waals surface area contributed by atoms with Crippen molar-refractivity contribution in [3.05, 3.63) is 71.3 Å². The summed E-state index contributed by atoms with van der Waals surface area (Å²) in [5, 5.41) is 0. The summed E-state index contributed by atoms with van der Waals surface area (Å²) in [6, 6.07) is 19.2. The third-order valence-corrected chi connectivity index (χ3v) is 6.32. The molecule has 2 aromatic rings. The molecule has 0 atom stereocenters. The van der Waals surface area contributed by atoms with Crippen molar-refractivity contribution in [3.63, 3.8) is 0 Å². The van der Waals surface area contributed by atoms with Crippen molar-refractivity contribution in [2.75, 3.05) is 26.2 Å². The molecule has 148 valence electrons. The van der Waals surface area contributed by atoms with Crippen LogP contribution in [0.1, 0.15) is 53.6 Å². The zero-order valence-corrected chi connectivity index (χ0v) is 16.9. The van der Waals surface area contributed by atoms with Crippen LogP contribution in [-0.4, -0.2) is 41.9 Å². The number of carbonyl (C=O) groups excluding carboxylic acids is 1. The number of amides is 1. The van der Waals surface area contributed by atoms with Gasteiger partial charge in [0.25, 0.3) is 5.91 Å². The third kappa shape index (κ3) is 5.02. The fourth-order valence-electron chi connectivity index (χ4n) is 4.59. The molecule has 4 rings (SSSR count). The summed E-state index contributed by atoms with van der Waals surface area (Å²) in [5.41, 5.74) is 3.62. The Morgan fingerprint density at radius 3 is 2.14 bits per heavy atom. The van der Waals surface area contributed by atoms with Crippen molar-refractivity contribution < 1.29 is 4.79 Å². The molecular weight excluding hydrogens is 344 g/mol. The maximum atomic E-state index is 12.6. The maximum absolute atomic E-state index is 12.6. The van der Waals surface area contributed by atoms with Crippen LogP contribution >= 0.6 is 0 Å². The largest absolute Gasteiger partial charge is 0.339 e.